The van der Waals surface area contributed by atoms with E-state index in [1.54, 1.807) is 0 Å². The van der Waals surface area contributed by atoms with Crippen LogP contribution in [0.1, 0.15) is 30.1 Å². The Hall–Kier alpha value is -1.49. The fourth-order valence-corrected chi connectivity index (χ4v) is 3.10. The van der Waals surface area contributed by atoms with E-state index in [-0.39, 0.29) is 6.04 Å². The lowest BCUT2D eigenvalue weighted by atomic mass is 9.92. The van der Waals surface area contributed by atoms with Crippen molar-refractivity contribution in [3.05, 3.63) is 33.9 Å². The number of halogens is 1. The summed E-state index contributed by atoms with van der Waals surface area (Å²) in [6.07, 6.45) is 1.91. The Labute approximate surface area is 113 Å². The average molecular weight is 309 g/mol. The van der Waals surface area contributed by atoms with E-state index in [1.807, 2.05) is 12.1 Å². The number of aromatic nitrogens is 1. The number of fused-ring (bicyclic) bond motifs is 3. The fourth-order valence-electron chi connectivity index (χ4n) is 2.74. The molecule has 1 aliphatic rings. The molecule has 1 aromatic carbocycles. The molecular formula is C13H13BrN2O2. The first kappa shape index (κ1) is 11.6. The molecule has 4 nitrogen and oxygen atoms in total. The van der Waals surface area contributed by atoms with Crippen LogP contribution in [0.25, 0.3) is 10.9 Å². The smallest absolute Gasteiger partial charge is 0.405 e. The van der Waals surface area contributed by atoms with Gasteiger partial charge in [-0.25, -0.2) is 4.79 Å². The van der Waals surface area contributed by atoms with E-state index in [0.29, 0.717) is 0 Å². The lowest BCUT2D eigenvalue weighted by Crippen LogP contribution is -2.29. The highest BCUT2D eigenvalue weighted by Gasteiger charge is 2.25. The second-order valence-corrected chi connectivity index (χ2v) is 5.52. The highest BCUT2D eigenvalue weighted by molar-refractivity contribution is 9.10. The van der Waals surface area contributed by atoms with Crippen LogP contribution in [0, 0.1) is 0 Å². The van der Waals surface area contributed by atoms with Crippen LogP contribution in [0.2, 0.25) is 0 Å². The van der Waals surface area contributed by atoms with Crippen LogP contribution in [0.5, 0.6) is 0 Å². The molecular weight excluding hydrogens is 296 g/mol. The second kappa shape index (κ2) is 4.31. The van der Waals surface area contributed by atoms with E-state index in [0.717, 1.165) is 34.9 Å². The van der Waals surface area contributed by atoms with Crippen LogP contribution in [0.4, 0.5) is 4.79 Å². The maximum Gasteiger partial charge on any atom is 0.405 e. The van der Waals surface area contributed by atoms with E-state index < -0.39 is 6.09 Å². The van der Waals surface area contributed by atoms with Gasteiger partial charge in [0.2, 0.25) is 0 Å². The van der Waals surface area contributed by atoms with Gasteiger partial charge in [-0.05, 0) is 37.0 Å². The van der Waals surface area contributed by atoms with Crippen molar-refractivity contribution in [2.24, 2.45) is 0 Å². The summed E-state index contributed by atoms with van der Waals surface area (Å²) < 4.78 is 1.02. The molecule has 2 aromatic rings. The molecule has 1 amide bonds. The molecule has 1 unspecified atom stereocenters. The lowest BCUT2D eigenvalue weighted by molar-refractivity contribution is 0.188. The molecule has 0 saturated carbocycles. The third-order valence-electron chi connectivity index (χ3n) is 3.47. The summed E-state index contributed by atoms with van der Waals surface area (Å²) in [4.78, 5) is 14.2. The van der Waals surface area contributed by atoms with E-state index >= 15 is 0 Å². The Morgan fingerprint density at radius 2 is 2.33 bits per heavy atom. The SMILES string of the molecule is O=C(O)NC1CCCc2c1[nH]c1cc(Br)ccc21. The van der Waals surface area contributed by atoms with Gasteiger partial charge in [-0.1, -0.05) is 22.0 Å². The Balaban J connectivity index is 2.12. The van der Waals surface area contributed by atoms with E-state index in [1.165, 1.54) is 10.9 Å². The number of aryl methyl sites for hydroxylation is 1. The highest BCUT2D eigenvalue weighted by atomic mass is 79.9. The van der Waals surface area contributed by atoms with Crippen molar-refractivity contribution in [3.63, 3.8) is 0 Å². The molecule has 0 fully saturated rings. The molecule has 0 aliphatic heterocycles. The van der Waals surface area contributed by atoms with Crippen molar-refractivity contribution in [1.82, 2.24) is 10.3 Å². The minimum Gasteiger partial charge on any atom is -0.465 e. The topological polar surface area (TPSA) is 65.1 Å². The molecule has 0 radical (unpaired) electrons. The zero-order chi connectivity index (χ0) is 12.7. The number of carbonyl (C=O) groups is 1. The van der Waals surface area contributed by atoms with Gasteiger partial charge in [0, 0.05) is 21.1 Å². The number of hydrogen-bond donors (Lipinski definition) is 3. The van der Waals surface area contributed by atoms with Crippen molar-refractivity contribution in [3.8, 4) is 0 Å². The number of benzene rings is 1. The minimum absolute atomic E-state index is 0.113. The Morgan fingerprint density at radius 1 is 1.50 bits per heavy atom. The summed E-state index contributed by atoms with van der Waals surface area (Å²) in [5, 5.41) is 12.7. The molecule has 0 saturated heterocycles. The van der Waals surface area contributed by atoms with E-state index in [9.17, 15) is 4.79 Å². The standard InChI is InChI=1S/C13H13BrN2O2/c14-7-4-5-8-9-2-1-3-10(16-13(17)18)12(9)15-11(8)6-7/h4-6,10,15-16H,1-3H2,(H,17,18). The predicted molar refractivity (Wildman–Crippen MR) is 72.8 cm³/mol. The third-order valence-corrected chi connectivity index (χ3v) is 3.96. The van der Waals surface area contributed by atoms with Crippen molar-refractivity contribution in [2.45, 2.75) is 25.3 Å². The maximum atomic E-state index is 10.8. The molecule has 3 rings (SSSR count). The number of aromatic amines is 1. The predicted octanol–water partition coefficient (Wildman–Crippen LogP) is 3.58. The number of carboxylic acid groups (broad SMARTS) is 1. The summed E-state index contributed by atoms with van der Waals surface area (Å²) >= 11 is 3.45. The molecule has 18 heavy (non-hydrogen) atoms. The average Bonchev–Trinajstić information content (AvgIpc) is 2.67. The quantitative estimate of drug-likeness (QED) is 0.754. The molecule has 3 N–H and O–H groups in total. The Morgan fingerprint density at radius 3 is 3.11 bits per heavy atom. The van der Waals surface area contributed by atoms with Crippen LogP contribution in [0.15, 0.2) is 22.7 Å². The van der Waals surface area contributed by atoms with Gasteiger partial charge in [-0.15, -0.1) is 0 Å². The number of amides is 1. The van der Waals surface area contributed by atoms with Gasteiger partial charge in [0.15, 0.2) is 0 Å². The van der Waals surface area contributed by atoms with Gasteiger partial charge in [0.1, 0.15) is 0 Å². The normalized spacial score (nSPS) is 18.6. The highest BCUT2D eigenvalue weighted by Crippen LogP contribution is 2.35. The molecule has 1 aromatic heterocycles. The minimum atomic E-state index is -0.965. The van der Waals surface area contributed by atoms with Gasteiger partial charge < -0.3 is 15.4 Å². The first-order chi connectivity index (χ1) is 8.65. The number of hydrogen-bond acceptors (Lipinski definition) is 1. The summed E-state index contributed by atoms with van der Waals surface area (Å²) in [5.74, 6) is 0. The number of nitrogens with one attached hydrogen (secondary N) is 2. The van der Waals surface area contributed by atoms with E-state index in [4.69, 9.17) is 5.11 Å². The van der Waals surface area contributed by atoms with Crippen molar-refractivity contribution >= 4 is 32.9 Å². The summed E-state index contributed by atoms with van der Waals surface area (Å²) in [7, 11) is 0. The van der Waals surface area contributed by atoms with Gasteiger partial charge in [-0.3, -0.25) is 0 Å². The van der Waals surface area contributed by atoms with Gasteiger partial charge >= 0.3 is 6.09 Å². The Bertz CT molecular complexity index is 621. The fraction of sp³-hybridized carbons (Fsp3) is 0.308. The zero-order valence-corrected chi connectivity index (χ0v) is 11.3. The van der Waals surface area contributed by atoms with E-state index in [2.05, 4.69) is 32.3 Å². The molecule has 0 bridgehead atoms. The molecule has 1 aliphatic carbocycles. The first-order valence-electron chi connectivity index (χ1n) is 5.94. The van der Waals surface area contributed by atoms with Crippen molar-refractivity contribution in [1.29, 1.82) is 0 Å². The second-order valence-electron chi connectivity index (χ2n) is 4.60. The van der Waals surface area contributed by atoms with Crippen molar-refractivity contribution in [2.75, 3.05) is 0 Å². The monoisotopic (exact) mass is 308 g/mol. The van der Waals surface area contributed by atoms with Gasteiger partial charge in [0.05, 0.1) is 6.04 Å². The van der Waals surface area contributed by atoms with Crippen LogP contribution < -0.4 is 5.32 Å². The van der Waals surface area contributed by atoms with Crippen LogP contribution in [-0.2, 0) is 6.42 Å². The summed E-state index contributed by atoms with van der Waals surface area (Å²) in [6.45, 7) is 0. The van der Waals surface area contributed by atoms with Crippen molar-refractivity contribution < 1.29 is 9.90 Å². The van der Waals surface area contributed by atoms with Crippen LogP contribution >= 0.6 is 15.9 Å². The molecule has 5 heteroatoms. The first-order valence-corrected chi connectivity index (χ1v) is 6.74. The van der Waals surface area contributed by atoms with Crippen LogP contribution in [-0.4, -0.2) is 16.2 Å². The zero-order valence-electron chi connectivity index (χ0n) is 9.66. The van der Waals surface area contributed by atoms with Gasteiger partial charge in [0.25, 0.3) is 0 Å². The molecule has 1 atom stereocenters. The molecule has 94 valence electrons. The Kier molecular flexibility index (Phi) is 2.78. The maximum absolute atomic E-state index is 10.8. The lowest BCUT2D eigenvalue weighted by Gasteiger charge is -2.22. The third kappa shape index (κ3) is 1.88. The molecule has 0 spiro atoms. The van der Waals surface area contributed by atoms with Gasteiger partial charge in [-0.2, -0.15) is 0 Å². The summed E-state index contributed by atoms with van der Waals surface area (Å²) in [6, 6.07) is 6.02. The number of rotatable bonds is 1. The molecule has 1 heterocycles. The number of H-pyrrole nitrogens is 1. The largest absolute Gasteiger partial charge is 0.465 e. The summed E-state index contributed by atoms with van der Waals surface area (Å²) in [5.41, 5.74) is 3.34. The van der Waals surface area contributed by atoms with Crippen LogP contribution in [0.3, 0.4) is 0 Å².